The van der Waals surface area contributed by atoms with Crippen LogP contribution in [0.15, 0.2) is 34.6 Å². The molecular weight excluding hydrogens is 500 g/mol. The van der Waals surface area contributed by atoms with Gasteiger partial charge in [0.25, 0.3) is 0 Å². The van der Waals surface area contributed by atoms with E-state index in [0.717, 1.165) is 91.9 Å². The van der Waals surface area contributed by atoms with Crippen LogP contribution in [0.3, 0.4) is 0 Å². The fraction of sp³-hybridized carbons (Fsp3) is 0.679. The van der Waals surface area contributed by atoms with Gasteiger partial charge in [0.2, 0.25) is 0 Å². The molecule has 204 valence electrons. The van der Waals surface area contributed by atoms with Crippen molar-refractivity contribution in [2.45, 2.75) is 67.1 Å². The molecule has 1 spiro atoms. The Morgan fingerprint density at radius 1 is 1.13 bits per heavy atom. The van der Waals surface area contributed by atoms with E-state index in [1.807, 2.05) is 24.7 Å². The summed E-state index contributed by atoms with van der Waals surface area (Å²) < 4.78 is 18.2. The summed E-state index contributed by atoms with van der Waals surface area (Å²) in [6.07, 6.45) is 11.6. The Labute approximate surface area is 228 Å². The number of piperidine rings is 1. The summed E-state index contributed by atoms with van der Waals surface area (Å²) in [5.74, 6) is 4.08. The molecule has 2 aromatic heterocycles. The van der Waals surface area contributed by atoms with Crippen molar-refractivity contribution in [1.82, 2.24) is 15.0 Å². The maximum absolute atomic E-state index is 6.48. The number of nitrogens with zero attached hydrogens (tertiary/aromatic N) is 5. The van der Waals surface area contributed by atoms with Gasteiger partial charge >= 0.3 is 0 Å². The van der Waals surface area contributed by atoms with E-state index >= 15 is 0 Å². The van der Waals surface area contributed by atoms with Crippen molar-refractivity contribution < 1.29 is 14.2 Å². The normalized spacial score (nSPS) is 29.8. The van der Waals surface area contributed by atoms with Crippen molar-refractivity contribution in [2.24, 2.45) is 23.0 Å². The molecule has 0 amide bonds. The van der Waals surface area contributed by atoms with E-state index in [0.29, 0.717) is 18.6 Å². The Morgan fingerprint density at radius 2 is 1.97 bits per heavy atom. The predicted octanol–water partition coefficient (Wildman–Crippen LogP) is 3.37. The van der Waals surface area contributed by atoms with Crippen LogP contribution in [0.1, 0.15) is 39.0 Å². The van der Waals surface area contributed by atoms with Crippen LogP contribution >= 0.6 is 11.8 Å². The standard InChI is InChI=1S/C28H38N6O3S/c1-18-26(29)28(17-37-18)5-8-33(9-6-28)23-11-32-24(12-31-23)38-22-4-7-30-27-25(22)36-16-21-10-20(13-34(21)27)15-35-14-19-2-3-19/h4,7,11-12,18-21,26H,2-3,5-6,8-10,13-17,29H2,1H3/t18-,20-,21-,26+/m0/s1. The topological polar surface area (TPSA) is 98.9 Å². The third kappa shape index (κ3) is 4.74. The number of hydrogen-bond acceptors (Lipinski definition) is 10. The van der Waals surface area contributed by atoms with Gasteiger partial charge in [-0.1, -0.05) is 11.8 Å². The van der Waals surface area contributed by atoms with Gasteiger partial charge in [0.05, 0.1) is 42.6 Å². The average Bonchev–Trinajstić information content (AvgIpc) is 3.61. The highest BCUT2D eigenvalue weighted by molar-refractivity contribution is 7.99. The maximum Gasteiger partial charge on any atom is 0.175 e. The van der Waals surface area contributed by atoms with Crippen LogP contribution in [-0.2, 0) is 9.47 Å². The van der Waals surface area contributed by atoms with E-state index in [1.54, 1.807) is 11.8 Å². The van der Waals surface area contributed by atoms with E-state index in [9.17, 15) is 0 Å². The molecule has 4 atom stereocenters. The summed E-state index contributed by atoms with van der Waals surface area (Å²) in [6, 6.07) is 2.51. The number of hydrogen-bond donors (Lipinski definition) is 1. The highest BCUT2D eigenvalue weighted by Crippen LogP contribution is 2.45. The number of aromatic nitrogens is 3. The van der Waals surface area contributed by atoms with Crippen LogP contribution in [0.5, 0.6) is 5.75 Å². The highest BCUT2D eigenvalue weighted by atomic mass is 32.2. The van der Waals surface area contributed by atoms with E-state index in [2.05, 4.69) is 16.7 Å². The van der Waals surface area contributed by atoms with Crippen molar-refractivity contribution in [3.63, 3.8) is 0 Å². The lowest BCUT2D eigenvalue weighted by Crippen LogP contribution is -2.50. The first kappa shape index (κ1) is 24.9. The average molecular weight is 539 g/mol. The van der Waals surface area contributed by atoms with Crippen LogP contribution in [0.25, 0.3) is 0 Å². The number of fused-ring (bicyclic) bond motifs is 3. The maximum atomic E-state index is 6.48. The zero-order valence-electron chi connectivity index (χ0n) is 22.1. The number of ether oxygens (including phenoxy) is 3. The van der Waals surface area contributed by atoms with Crippen LogP contribution in [0.4, 0.5) is 11.6 Å². The molecule has 0 aromatic carbocycles. The quantitative estimate of drug-likeness (QED) is 0.565. The van der Waals surface area contributed by atoms with Crippen LogP contribution in [0.2, 0.25) is 0 Å². The molecule has 3 saturated heterocycles. The van der Waals surface area contributed by atoms with Gasteiger partial charge in [-0.2, -0.15) is 0 Å². The summed E-state index contributed by atoms with van der Waals surface area (Å²) in [4.78, 5) is 20.0. The van der Waals surface area contributed by atoms with Gasteiger partial charge in [-0.3, -0.25) is 0 Å². The SMILES string of the molecule is C[C@@H]1OCC2(CCN(c3cnc(Sc4ccnc5c4OC[C@@H]4C[C@H](COCC6CC6)CN54)cn3)CC2)[C@@H]1N. The number of nitrogens with two attached hydrogens (primary N) is 1. The first-order valence-electron chi connectivity index (χ1n) is 14.2. The van der Waals surface area contributed by atoms with Crippen LogP contribution in [0, 0.1) is 17.3 Å². The van der Waals surface area contributed by atoms with Crippen molar-refractivity contribution in [3.8, 4) is 5.75 Å². The fourth-order valence-electron chi connectivity index (χ4n) is 6.55. The van der Waals surface area contributed by atoms with Crippen molar-refractivity contribution >= 4 is 23.4 Å². The molecule has 2 aromatic rings. The molecule has 9 nitrogen and oxygen atoms in total. The zero-order valence-corrected chi connectivity index (χ0v) is 22.9. The lowest BCUT2D eigenvalue weighted by atomic mass is 9.73. The Kier molecular flexibility index (Phi) is 6.62. The molecule has 5 aliphatic rings. The Hall–Kier alpha value is -2.14. The molecule has 1 aliphatic carbocycles. The van der Waals surface area contributed by atoms with E-state index in [-0.39, 0.29) is 17.6 Å². The lowest BCUT2D eigenvalue weighted by Gasteiger charge is -2.41. The van der Waals surface area contributed by atoms with E-state index < -0.39 is 0 Å². The van der Waals surface area contributed by atoms with Crippen molar-refractivity contribution in [2.75, 3.05) is 55.9 Å². The van der Waals surface area contributed by atoms with E-state index in [1.165, 1.54) is 12.8 Å². The third-order valence-corrected chi connectivity index (χ3v) is 10.2. The highest BCUT2D eigenvalue weighted by Gasteiger charge is 2.47. The minimum Gasteiger partial charge on any atom is -0.486 e. The summed E-state index contributed by atoms with van der Waals surface area (Å²) in [6.45, 7) is 8.16. The summed E-state index contributed by atoms with van der Waals surface area (Å²) in [5.41, 5.74) is 6.59. The molecular formula is C28H38N6O3S. The van der Waals surface area contributed by atoms with Gasteiger partial charge in [-0.25, -0.2) is 15.0 Å². The first-order chi connectivity index (χ1) is 18.6. The molecule has 0 unspecified atom stereocenters. The molecule has 38 heavy (non-hydrogen) atoms. The Bertz CT molecular complexity index is 1140. The Morgan fingerprint density at radius 3 is 2.71 bits per heavy atom. The summed E-state index contributed by atoms with van der Waals surface area (Å²) >= 11 is 1.59. The van der Waals surface area contributed by atoms with Gasteiger partial charge in [0, 0.05) is 49.8 Å². The number of rotatable bonds is 7. The largest absolute Gasteiger partial charge is 0.486 e. The van der Waals surface area contributed by atoms with Crippen molar-refractivity contribution in [3.05, 3.63) is 24.7 Å². The van der Waals surface area contributed by atoms with Gasteiger partial charge in [-0.15, -0.1) is 0 Å². The number of anilines is 2. The third-order valence-electron chi connectivity index (χ3n) is 9.21. The molecule has 4 aliphatic heterocycles. The minimum atomic E-state index is 0.109. The van der Waals surface area contributed by atoms with Crippen molar-refractivity contribution in [1.29, 1.82) is 0 Å². The molecule has 2 N–H and O–H groups in total. The van der Waals surface area contributed by atoms with E-state index in [4.69, 9.17) is 34.9 Å². The minimum absolute atomic E-state index is 0.109. The second kappa shape index (κ2) is 10.1. The van der Waals surface area contributed by atoms with Gasteiger partial charge < -0.3 is 29.7 Å². The second-order valence-corrected chi connectivity index (χ2v) is 12.9. The van der Waals surface area contributed by atoms with Gasteiger partial charge in [-0.05, 0) is 51.0 Å². The second-order valence-electron chi connectivity index (χ2n) is 11.9. The number of pyridine rings is 1. The Balaban J connectivity index is 0.984. The van der Waals surface area contributed by atoms with Gasteiger partial charge in [0.1, 0.15) is 17.5 Å². The molecule has 6 heterocycles. The molecule has 0 radical (unpaired) electrons. The molecule has 7 rings (SSSR count). The fourth-order valence-corrected chi connectivity index (χ4v) is 7.36. The summed E-state index contributed by atoms with van der Waals surface area (Å²) in [7, 11) is 0. The van der Waals surface area contributed by atoms with Gasteiger partial charge in [0.15, 0.2) is 11.6 Å². The first-order valence-corrected chi connectivity index (χ1v) is 15.0. The molecule has 4 fully saturated rings. The molecule has 10 heteroatoms. The molecule has 1 saturated carbocycles. The van der Waals surface area contributed by atoms with Crippen LogP contribution in [-0.4, -0.2) is 79.2 Å². The zero-order chi connectivity index (χ0) is 25.7. The smallest absolute Gasteiger partial charge is 0.175 e. The summed E-state index contributed by atoms with van der Waals surface area (Å²) in [5, 5.41) is 0.856. The predicted molar refractivity (Wildman–Crippen MR) is 146 cm³/mol. The van der Waals surface area contributed by atoms with Crippen LogP contribution < -0.4 is 20.3 Å². The monoisotopic (exact) mass is 538 g/mol. The lowest BCUT2D eigenvalue weighted by molar-refractivity contribution is 0.0956. The molecule has 0 bridgehead atoms.